The molecule has 0 amide bonds. The summed E-state index contributed by atoms with van der Waals surface area (Å²) in [5.41, 5.74) is 11.2. The second-order valence-electron chi connectivity index (χ2n) is 5.33. The lowest BCUT2D eigenvalue weighted by Crippen LogP contribution is -2.26. The van der Waals surface area contributed by atoms with Crippen LogP contribution in [0.2, 0.25) is 0 Å². The summed E-state index contributed by atoms with van der Waals surface area (Å²) in [6, 6.07) is 9.53. The summed E-state index contributed by atoms with van der Waals surface area (Å²) in [6.07, 6.45) is 2.62. The smallest absolute Gasteiger partial charge is 0.0440 e. The molecule has 3 rings (SSSR count). The van der Waals surface area contributed by atoms with Crippen LogP contribution in [-0.4, -0.2) is 6.04 Å². The maximum absolute atomic E-state index is 5.91. The molecule has 0 spiro atoms. The first kappa shape index (κ1) is 12.7. The molecule has 1 aliphatic carbocycles. The van der Waals surface area contributed by atoms with Crippen molar-refractivity contribution < 1.29 is 0 Å². The molecule has 1 aromatic heterocycles. The van der Waals surface area contributed by atoms with Gasteiger partial charge in [-0.1, -0.05) is 12.1 Å². The minimum Gasteiger partial charge on any atom is -0.364 e. The molecule has 0 bridgehead atoms. The molecule has 2 aromatic rings. The van der Waals surface area contributed by atoms with Gasteiger partial charge in [-0.2, -0.15) is 11.3 Å². The first-order valence-corrected chi connectivity index (χ1v) is 7.79. The molecule has 3 heteroatoms. The molecule has 0 unspecified atom stereocenters. The lowest BCUT2D eigenvalue weighted by atomic mass is 10.1. The zero-order chi connectivity index (χ0) is 13.2. The quantitative estimate of drug-likeness (QED) is 0.899. The summed E-state index contributed by atoms with van der Waals surface area (Å²) in [6.45, 7) is 3.77. The Morgan fingerprint density at radius 3 is 2.79 bits per heavy atom. The molecule has 100 valence electrons. The molecule has 1 saturated carbocycles. The van der Waals surface area contributed by atoms with Gasteiger partial charge in [0.2, 0.25) is 0 Å². The van der Waals surface area contributed by atoms with E-state index >= 15 is 0 Å². The molecule has 1 fully saturated rings. The van der Waals surface area contributed by atoms with E-state index in [9.17, 15) is 0 Å². The molecule has 1 aromatic carbocycles. The zero-order valence-electron chi connectivity index (χ0n) is 11.3. The number of rotatable bonds is 5. The molecule has 0 saturated heterocycles. The summed E-state index contributed by atoms with van der Waals surface area (Å²) in [5.74, 6) is 0. The van der Waals surface area contributed by atoms with Gasteiger partial charge in [0, 0.05) is 24.8 Å². The molecular formula is C16H20N2S. The topological polar surface area (TPSA) is 29.3 Å². The molecule has 0 atom stereocenters. The molecule has 19 heavy (non-hydrogen) atoms. The van der Waals surface area contributed by atoms with Crippen LogP contribution in [0.25, 0.3) is 0 Å². The van der Waals surface area contributed by atoms with Crippen molar-refractivity contribution in [1.82, 2.24) is 0 Å². The van der Waals surface area contributed by atoms with Crippen LogP contribution < -0.4 is 10.6 Å². The zero-order valence-corrected chi connectivity index (χ0v) is 12.1. The minimum atomic E-state index is 0.614. The maximum Gasteiger partial charge on any atom is 0.0440 e. The number of hydrogen-bond donors (Lipinski definition) is 1. The van der Waals surface area contributed by atoms with Crippen LogP contribution in [0.15, 0.2) is 35.0 Å². The number of benzene rings is 1. The van der Waals surface area contributed by atoms with E-state index in [2.05, 4.69) is 46.8 Å². The van der Waals surface area contributed by atoms with Gasteiger partial charge in [-0.05, 0) is 59.3 Å². The highest BCUT2D eigenvalue weighted by Crippen LogP contribution is 2.35. The minimum absolute atomic E-state index is 0.614. The summed E-state index contributed by atoms with van der Waals surface area (Å²) < 4.78 is 0. The second-order valence-corrected chi connectivity index (χ2v) is 6.11. The van der Waals surface area contributed by atoms with Gasteiger partial charge in [0.15, 0.2) is 0 Å². The van der Waals surface area contributed by atoms with Crippen molar-refractivity contribution in [2.45, 2.75) is 38.9 Å². The fourth-order valence-electron chi connectivity index (χ4n) is 2.49. The Labute approximate surface area is 118 Å². The lowest BCUT2D eigenvalue weighted by molar-refractivity contribution is 0.787. The van der Waals surface area contributed by atoms with Crippen molar-refractivity contribution in [2.24, 2.45) is 5.73 Å². The van der Waals surface area contributed by atoms with Gasteiger partial charge in [-0.15, -0.1) is 0 Å². The van der Waals surface area contributed by atoms with E-state index in [0.717, 1.165) is 6.54 Å². The molecule has 2 nitrogen and oxygen atoms in total. The fourth-order valence-corrected chi connectivity index (χ4v) is 3.15. The maximum atomic E-state index is 5.91. The average molecular weight is 272 g/mol. The van der Waals surface area contributed by atoms with E-state index in [-0.39, 0.29) is 0 Å². The number of nitrogens with two attached hydrogens (primary N) is 1. The predicted octanol–water partition coefficient (Wildman–Crippen LogP) is 3.68. The van der Waals surface area contributed by atoms with Gasteiger partial charge in [-0.25, -0.2) is 0 Å². The Bertz CT molecular complexity index is 544. The molecule has 0 radical (unpaired) electrons. The van der Waals surface area contributed by atoms with Crippen molar-refractivity contribution in [3.8, 4) is 0 Å². The monoisotopic (exact) mass is 272 g/mol. The number of thiophene rings is 1. The van der Waals surface area contributed by atoms with Crippen LogP contribution >= 0.6 is 11.3 Å². The first-order chi connectivity index (χ1) is 9.28. The third kappa shape index (κ3) is 2.82. The second kappa shape index (κ2) is 5.35. The molecule has 1 aliphatic rings. The molecule has 1 heterocycles. The van der Waals surface area contributed by atoms with Gasteiger partial charge in [0.25, 0.3) is 0 Å². The van der Waals surface area contributed by atoms with Gasteiger partial charge >= 0.3 is 0 Å². The SMILES string of the molecule is Cc1ccc(CN)c(N(Cc2ccsc2)C2CC2)c1. The highest BCUT2D eigenvalue weighted by atomic mass is 32.1. The van der Waals surface area contributed by atoms with Crippen molar-refractivity contribution >= 4 is 17.0 Å². The largest absolute Gasteiger partial charge is 0.364 e. The Kier molecular flexibility index (Phi) is 3.58. The Balaban J connectivity index is 1.93. The van der Waals surface area contributed by atoms with Crippen molar-refractivity contribution in [2.75, 3.05) is 4.90 Å². The predicted molar refractivity (Wildman–Crippen MR) is 82.6 cm³/mol. The highest BCUT2D eigenvalue weighted by molar-refractivity contribution is 7.07. The third-order valence-electron chi connectivity index (χ3n) is 3.69. The number of anilines is 1. The van der Waals surface area contributed by atoms with Gasteiger partial charge < -0.3 is 10.6 Å². The van der Waals surface area contributed by atoms with E-state index in [4.69, 9.17) is 5.73 Å². The van der Waals surface area contributed by atoms with E-state index in [0.29, 0.717) is 12.6 Å². The van der Waals surface area contributed by atoms with Gasteiger partial charge in [0.1, 0.15) is 0 Å². The van der Waals surface area contributed by atoms with Gasteiger partial charge in [-0.3, -0.25) is 0 Å². The Morgan fingerprint density at radius 1 is 1.32 bits per heavy atom. The summed E-state index contributed by atoms with van der Waals surface area (Å²) in [5, 5.41) is 4.40. The first-order valence-electron chi connectivity index (χ1n) is 6.85. The van der Waals surface area contributed by atoms with Crippen molar-refractivity contribution in [3.63, 3.8) is 0 Å². The lowest BCUT2D eigenvalue weighted by Gasteiger charge is -2.27. The molecular weight excluding hydrogens is 252 g/mol. The average Bonchev–Trinajstić information content (AvgIpc) is 3.13. The summed E-state index contributed by atoms with van der Waals surface area (Å²) in [4.78, 5) is 2.54. The standard InChI is InChI=1S/C16H20N2S/c1-12-2-3-14(9-17)16(8-12)18(15-4-5-15)10-13-6-7-19-11-13/h2-3,6-8,11,15H,4-5,9-10,17H2,1H3. The van der Waals surface area contributed by atoms with Crippen LogP contribution in [0.4, 0.5) is 5.69 Å². The van der Waals surface area contributed by atoms with Crippen LogP contribution in [0, 0.1) is 6.92 Å². The van der Waals surface area contributed by atoms with Crippen LogP contribution in [-0.2, 0) is 13.1 Å². The highest BCUT2D eigenvalue weighted by Gasteiger charge is 2.30. The normalized spacial score (nSPS) is 14.6. The molecule has 0 aliphatic heterocycles. The Morgan fingerprint density at radius 2 is 2.16 bits per heavy atom. The van der Waals surface area contributed by atoms with Gasteiger partial charge in [0.05, 0.1) is 0 Å². The summed E-state index contributed by atoms with van der Waals surface area (Å²) in [7, 11) is 0. The fraction of sp³-hybridized carbons (Fsp3) is 0.375. The number of hydrogen-bond acceptors (Lipinski definition) is 3. The van der Waals surface area contributed by atoms with Crippen molar-refractivity contribution in [1.29, 1.82) is 0 Å². The number of aryl methyl sites for hydroxylation is 1. The van der Waals surface area contributed by atoms with Crippen LogP contribution in [0.3, 0.4) is 0 Å². The third-order valence-corrected chi connectivity index (χ3v) is 4.42. The van der Waals surface area contributed by atoms with E-state index in [1.807, 2.05) is 0 Å². The van der Waals surface area contributed by atoms with Crippen LogP contribution in [0.1, 0.15) is 29.5 Å². The van der Waals surface area contributed by atoms with E-state index in [1.54, 1.807) is 11.3 Å². The van der Waals surface area contributed by atoms with Crippen molar-refractivity contribution in [3.05, 3.63) is 51.7 Å². The Hall–Kier alpha value is -1.32. The van der Waals surface area contributed by atoms with Crippen LogP contribution in [0.5, 0.6) is 0 Å². The number of nitrogens with zero attached hydrogens (tertiary/aromatic N) is 1. The molecule has 2 N–H and O–H groups in total. The van der Waals surface area contributed by atoms with E-state index in [1.165, 1.54) is 35.2 Å². The summed E-state index contributed by atoms with van der Waals surface area (Å²) >= 11 is 1.77. The van der Waals surface area contributed by atoms with E-state index < -0.39 is 0 Å².